The zero-order valence-electron chi connectivity index (χ0n) is 10.1. The van der Waals surface area contributed by atoms with Gasteiger partial charge in [0.05, 0.1) is 11.3 Å². The van der Waals surface area contributed by atoms with Crippen LogP contribution in [0.4, 0.5) is 0 Å². The predicted molar refractivity (Wildman–Crippen MR) is 61.5 cm³/mol. The first-order valence-corrected chi connectivity index (χ1v) is 5.50. The molecule has 5 heteroatoms. The number of aryl methyl sites for hydroxylation is 2. The molecule has 1 heterocycles. The highest BCUT2D eigenvalue weighted by Crippen LogP contribution is 2.05. The second-order valence-corrected chi connectivity index (χ2v) is 3.59. The lowest BCUT2D eigenvalue weighted by molar-refractivity contribution is 0.0948. The number of hydrogen-bond acceptors (Lipinski definition) is 3. The first-order valence-electron chi connectivity index (χ1n) is 5.50. The molecule has 0 atom stereocenters. The molecule has 0 saturated heterocycles. The molecule has 0 unspecified atom stereocenters. The van der Waals surface area contributed by atoms with Gasteiger partial charge in [-0.2, -0.15) is 5.10 Å². The van der Waals surface area contributed by atoms with Gasteiger partial charge in [0.1, 0.15) is 0 Å². The molecular formula is C11H19N3O2. The average molecular weight is 225 g/mol. The minimum atomic E-state index is -0.0618. The Bertz CT molecular complexity index is 347. The van der Waals surface area contributed by atoms with Crippen LogP contribution in [0.2, 0.25) is 0 Å². The molecule has 0 bridgehead atoms. The van der Waals surface area contributed by atoms with Crippen LogP contribution in [0.25, 0.3) is 0 Å². The lowest BCUT2D eigenvalue weighted by atomic mass is 10.2. The molecule has 1 rings (SSSR count). The highest BCUT2D eigenvalue weighted by molar-refractivity contribution is 5.94. The highest BCUT2D eigenvalue weighted by atomic mass is 16.5. The minimum Gasteiger partial charge on any atom is -0.385 e. The lowest BCUT2D eigenvalue weighted by Gasteiger charge is -2.03. The summed E-state index contributed by atoms with van der Waals surface area (Å²) < 4.78 is 6.67. The van der Waals surface area contributed by atoms with Crippen molar-refractivity contribution in [1.29, 1.82) is 0 Å². The fraction of sp³-hybridized carbons (Fsp3) is 0.636. The van der Waals surface area contributed by atoms with Gasteiger partial charge in [-0.05, 0) is 20.3 Å². The van der Waals surface area contributed by atoms with Crippen LogP contribution in [0, 0.1) is 6.92 Å². The first kappa shape index (κ1) is 12.7. The van der Waals surface area contributed by atoms with E-state index in [0.717, 1.165) is 18.7 Å². The number of carbonyl (C=O) groups excluding carboxylic acids is 1. The molecule has 0 fully saturated rings. The third-order valence-corrected chi connectivity index (χ3v) is 2.33. The molecule has 1 aromatic heterocycles. The van der Waals surface area contributed by atoms with Crippen LogP contribution >= 0.6 is 0 Å². The average Bonchev–Trinajstić information content (AvgIpc) is 2.66. The molecule has 1 aromatic rings. The van der Waals surface area contributed by atoms with Gasteiger partial charge in [0.2, 0.25) is 0 Å². The van der Waals surface area contributed by atoms with Crippen LogP contribution in [0.15, 0.2) is 6.20 Å². The van der Waals surface area contributed by atoms with Crippen LogP contribution in [0.1, 0.15) is 29.4 Å². The van der Waals surface area contributed by atoms with Crippen LogP contribution < -0.4 is 5.32 Å². The molecule has 90 valence electrons. The fourth-order valence-corrected chi connectivity index (χ4v) is 1.42. The molecule has 1 amide bonds. The second-order valence-electron chi connectivity index (χ2n) is 3.59. The lowest BCUT2D eigenvalue weighted by Crippen LogP contribution is -2.25. The van der Waals surface area contributed by atoms with Crippen LogP contribution in [-0.4, -0.2) is 35.9 Å². The fourth-order valence-electron chi connectivity index (χ4n) is 1.42. The Morgan fingerprint density at radius 3 is 2.94 bits per heavy atom. The van der Waals surface area contributed by atoms with E-state index in [1.54, 1.807) is 18.0 Å². The zero-order valence-corrected chi connectivity index (χ0v) is 10.1. The summed E-state index contributed by atoms with van der Waals surface area (Å²) >= 11 is 0. The van der Waals surface area contributed by atoms with Gasteiger partial charge >= 0.3 is 0 Å². The number of hydrogen-bond donors (Lipinski definition) is 1. The number of methoxy groups -OCH3 is 1. The number of aromatic nitrogens is 2. The van der Waals surface area contributed by atoms with Crippen molar-refractivity contribution in [2.75, 3.05) is 20.3 Å². The third-order valence-electron chi connectivity index (χ3n) is 2.33. The number of rotatable bonds is 6. The van der Waals surface area contributed by atoms with Crippen molar-refractivity contribution >= 4 is 5.91 Å². The van der Waals surface area contributed by atoms with Crippen LogP contribution in [0.3, 0.4) is 0 Å². The van der Waals surface area contributed by atoms with Crippen molar-refractivity contribution in [2.45, 2.75) is 26.8 Å². The van der Waals surface area contributed by atoms with Gasteiger partial charge in [-0.25, -0.2) is 0 Å². The Balaban J connectivity index is 2.49. The van der Waals surface area contributed by atoms with Gasteiger partial charge in [0, 0.05) is 33.0 Å². The summed E-state index contributed by atoms with van der Waals surface area (Å²) in [7, 11) is 1.65. The molecule has 1 N–H and O–H groups in total. The molecular weight excluding hydrogens is 206 g/mol. The maximum atomic E-state index is 11.8. The van der Waals surface area contributed by atoms with Gasteiger partial charge in [0.15, 0.2) is 0 Å². The van der Waals surface area contributed by atoms with E-state index in [1.807, 2.05) is 13.8 Å². The maximum Gasteiger partial charge on any atom is 0.254 e. The first-order chi connectivity index (χ1) is 7.69. The summed E-state index contributed by atoms with van der Waals surface area (Å²) in [4.78, 5) is 11.8. The van der Waals surface area contributed by atoms with Crippen LogP contribution in [-0.2, 0) is 11.3 Å². The smallest absolute Gasteiger partial charge is 0.254 e. The summed E-state index contributed by atoms with van der Waals surface area (Å²) in [5.74, 6) is -0.0618. The molecule has 0 aliphatic carbocycles. The van der Waals surface area contributed by atoms with Crippen molar-refractivity contribution in [2.24, 2.45) is 0 Å². The number of amides is 1. The third kappa shape index (κ3) is 3.34. The van der Waals surface area contributed by atoms with E-state index in [2.05, 4.69) is 10.4 Å². The Morgan fingerprint density at radius 2 is 2.38 bits per heavy atom. The second kappa shape index (κ2) is 6.27. The van der Waals surface area contributed by atoms with Gasteiger partial charge < -0.3 is 10.1 Å². The zero-order chi connectivity index (χ0) is 12.0. The molecule has 0 radical (unpaired) electrons. The summed E-state index contributed by atoms with van der Waals surface area (Å²) in [6, 6.07) is 0. The van der Waals surface area contributed by atoms with Gasteiger partial charge in [0.25, 0.3) is 5.91 Å². The van der Waals surface area contributed by atoms with Crippen molar-refractivity contribution in [3.05, 3.63) is 17.5 Å². The van der Waals surface area contributed by atoms with Crippen molar-refractivity contribution < 1.29 is 9.53 Å². The van der Waals surface area contributed by atoms with Gasteiger partial charge in [-0.15, -0.1) is 0 Å². The van der Waals surface area contributed by atoms with Crippen molar-refractivity contribution in [3.8, 4) is 0 Å². The predicted octanol–water partition coefficient (Wildman–Crippen LogP) is 0.978. The normalized spacial score (nSPS) is 10.4. The Morgan fingerprint density at radius 1 is 1.62 bits per heavy atom. The molecule has 16 heavy (non-hydrogen) atoms. The SMILES string of the molecule is CCn1cc(C(=O)NCCCOC)c(C)n1. The van der Waals surface area contributed by atoms with E-state index >= 15 is 0 Å². The summed E-state index contributed by atoms with van der Waals surface area (Å²) in [5.41, 5.74) is 1.42. The minimum absolute atomic E-state index is 0.0618. The Kier molecular flexibility index (Phi) is 4.98. The molecule has 0 aliphatic rings. The monoisotopic (exact) mass is 225 g/mol. The largest absolute Gasteiger partial charge is 0.385 e. The van der Waals surface area contributed by atoms with Crippen molar-refractivity contribution in [1.82, 2.24) is 15.1 Å². The van der Waals surface area contributed by atoms with Gasteiger partial charge in [-0.1, -0.05) is 0 Å². The van der Waals surface area contributed by atoms with E-state index in [-0.39, 0.29) is 5.91 Å². The molecule has 0 aliphatic heterocycles. The molecule has 0 saturated carbocycles. The van der Waals surface area contributed by atoms with Crippen molar-refractivity contribution in [3.63, 3.8) is 0 Å². The number of carbonyl (C=O) groups is 1. The Labute approximate surface area is 95.8 Å². The van der Waals surface area contributed by atoms with Gasteiger partial charge in [-0.3, -0.25) is 9.48 Å². The summed E-state index contributed by atoms with van der Waals surface area (Å²) in [6.45, 7) is 5.90. The van der Waals surface area contributed by atoms with Crippen LogP contribution in [0.5, 0.6) is 0 Å². The number of nitrogens with zero attached hydrogens (tertiary/aromatic N) is 2. The summed E-state index contributed by atoms with van der Waals surface area (Å²) in [6.07, 6.45) is 2.60. The standard InChI is InChI=1S/C11H19N3O2/c1-4-14-8-10(9(2)13-14)11(15)12-6-5-7-16-3/h8H,4-7H2,1-3H3,(H,12,15). The Hall–Kier alpha value is -1.36. The topological polar surface area (TPSA) is 56.2 Å². The van der Waals surface area contributed by atoms with E-state index < -0.39 is 0 Å². The maximum absolute atomic E-state index is 11.8. The summed E-state index contributed by atoms with van der Waals surface area (Å²) in [5, 5.41) is 7.07. The quantitative estimate of drug-likeness (QED) is 0.734. The van der Waals surface area contributed by atoms with E-state index in [1.165, 1.54) is 0 Å². The van der Waals surface area contributed by atoms with E-state index in [0.29, 0.717) is 18.7 Å². The van der Waals surface area contributed by atoms with E-state index in [4.69, 9.17) is 4.74 Å². The molecule has 0 aromatic carbocycles. The van der Waals surface area contributed by atoms with E-state index in [9.17, 15) is 4.79 Å². The number of ether oxygens (including phenoxy) is 1. The molecule has 0 spiro atoms. The number of nitrogens with one attached hydrogen (secondary N) is 1. The highest BCUT2D eigenvalue weighted by Gasteiger charge is 2.11. The molecule has 5 nitrogen and oxygen atoms in total.